The zero-order valence-corrected chi connectivity index (χ0v) is 20.4. The Morgan fingerprint density at radius 1 is 1.00 bits per heavy atom. The topological polar surface area (TPSA) is 113 Å². The summed E-state index contributed by atoms with van der Waals surface area (Å²) < 4.78 is 58.3. The number of nitrogens with zero attached hydrogens (tertiary/aromatic N) is 2. The van der Waals surface area contributed by atoms with Crippen molar-refractivity contribution in [1.82, 2.24) is 4.31 Å². The average molecular weight is 496 g/mol. The van der Waals surface area contributed by atoms with Crippen LogP contribution >= 0.6 is 0 Å². The molecule has 1 saturated heterocycles. The molecule has 2 aromatic carbocycles. The Kier molecular flexibility index (Phi) is 7.98. The normalized spacial score (nSPS) is 15.1. The molecule has 1 heterocycles. The van der Waals surface area contributed by atoms with Crippen molar-refractivity contribution in [3.8, 4) is 5.75 Å². The molecular formula is C22H29N3O6S2. The van der Waals surface area contributed by atoms with E-state index in [1.54, 1.807) is 31.2 Å². The van der Waals surface area contributed by atoms with Crippen LogP contribution in [0.5, 0.6) is 5.75 Å². The van der Waals surface area contributed by atoms with Crippen molar-refractivity contribution in [2.24, 2.45) is 0 Å². The molecule has 180 valence electrons. The SMILES string of the molecule is CCOc1ccccc1N(CC(=O)Nc1ccc(S(=O)(=O)N2CCCCC2)cc1)S(C)(=O)=O. The van der Waals surface area contributed by atoms with Gasteiger partial charge >= 0.3 is 0 Å². The highest BCUT2D eigenvalue weighted by Crippen LogP contribution is 2.30. The molecule has 33 heavy (non-hydrogen) atoms. The summed E-state index contributed by atoms with van der Waals surface area (Å²) >= 11 is 0. The quantitative estimate of drug-likeness (QED) is 0.572. The first-order valence-corrected chi connectivity index (χ1v) is 14.0. The standard InChI is InChI=1S/C22H29N3O6S2/c1-3-31-21-10-6-5-9-20(21)25(32(2,27)28)17-22(26)23-18-11-13-19(14-12-18)33(29,30)24-15-7-4-8-16-24/h5-6,9-14H,3-4,7-8,15-17H2,1-2H3,(H,23,26). The van der Waals surface area contributed by atoms with Gasteiger partial charge < -0.3 is 10.1 Å². The van der Waals surface area contributed by atoms with Crippen LogP contribution < -0.4 is 14.4 Å². The lowest BCUT2D eigenvalue weighted by atomic mass is 10.2. The molecule has 0 atom stereocenters. The summed E-state index contributed by atoms with van der Waals surface area (Å²) in [5.41, 5.74) is 0.629. The van der Waals surface area contributed by atoms with Crippen LogP contribution in [0.2, 0.25) is 0 Å². The summed E-state index contributed by atoms with van der Waals surface area (Å²) in [5.74, 6) is -0.219. The maximum absolute atomic E-state index is 12.8. The summed E-state index contributed by atoms with van der Waals surface area (Å²) in [6.07, 6.45) is 3.73. The molecule has 1 fully saturated rings. The van der Waals surface area contributed by atoms with Crippen LogP contribution in [0, 0.1) is 0 Å². The number of rotatable bonds is 9. The zero-order valence-electron chi connectivity index (χ0n) is 18.7. The highest BCUT2D eigenvalue weighted by molar-refractivity contribution is 7.92. The molecule has 0 spiro atoms. The van der Waals surface area contributed by atoms with Gasteiger partial charge in [0.05, 0.1) is 23.4 Å². The van der Waals surface area contributed by atoms with Gasteiger partial charge in [-0.3, -0.25) is 9.10 Å². The fourth-order valence-electron chi connectivity index (χ4n) is 3.62. The molecule has 1 amide bonds. The lowest BCUT2D eigenvalue weighted by molar-refractivity contribution is -0.114. The molecule has 1 aliphatic rings. The van der Waals surface area contributed by atoms with Crippen molar-refractivity contribution in [1.29, 1.82) is 0 Å². The van der Waals surface area contributed by atoms with Crippen LogP contribution in [0.25, 0.3) is 0 Å². The van der Waals surface area contributed by atoms with Crippen molar-refractivity contribution < 1.29 is 26.4 Å². The van der Waals surface area contributed by atoms with Gasteiger partial charge in [0, 0.05) is 18.8 Å². The fourth-order valence-corrected chi connectivity index (χ4v) is 5.99. The summed E-state index contributed by atoms with van der Waals surface area (Å²) in [7, 11) is -7.35. The van der Waals surface area contributed by atoms with Gasteiger partial charge in [-0.1, -0.05) is 18.6 Å². The Bertz CT molecular complexity index is 1170. The molecule has 2 aromatic rings. The highest BCUT2D eigenvalue weighted by atomic mass is 32.2. The zero-order chi connectivity index (χ0) is 24.1. The minimum atomic E-state index is -3.78. The van der Waals surface area contributed by atoms with Crippen LogP contribution in [0.4, 0.5) is 11.4 Å². The van der Waals surface area contributed by atoms with E-state index in [9.17, 15) is 21.6 Å². The van der Waals surface area contributed by atoms with Crippen molar-refractivity contribution in [2.45, 2.75) is 31.1 Å². The number of anilines is 2. The summed E-state index contributed by atoms with van der Waals surface area (Å²) in [5, 5.41) is 2.63. The number of amides is 1. The lowest BCUT2D eigenvalue weighted by Gasteiger charge is -2.26. The number of sulfonamides is 2. The molecule has 3 rings (SSSR count). The number of ether oxygens (including phenoxy) is 1. The minimum absolute atomic E-state index is 0.158. The Labute approximate surface area is 195 Å². The van der Waals surface area contributed by atoms with Crippen LogP contribution in [0.15, 0.2) is 53.4 Å². The predicted molar refractivity (Wildman–Crippen MR) is 127 cm³/mol. The Balaban J connectivity index is 1.74. The first-order valence-electron chi connectivity index (χ1n) is 10.7. The third kappa shape index (κ3) is 6.24. The summed E-state index contributed by atoms with van der Waals surface area (Å²) in [6.45, 7) is 2.67. The Hall–Kier alpha value is -2.63. The molecule has 9 nitrogen and oxygen atoms in total. The smallest absolute Gasteiger partial charge is 0.245 e. The van der Waals surface area contributed by atoms with Gasteiger partial charge in [-0.05, 0) is 56.2 Å². The largest absolute Gasteiger partial charge is 0.492 e. The first kappa shape index (κ1) is 25.0. The monoisotopic (exact) mass is 495 g/mol. The molecule has 0 aromatic heterocycles. The summed E-state index contributed by atoms with van der Waals surface area (Å²) in [4.78, 5) is 12.8. The maximum Gasteiger partial charge on any atom is 0.245 e. The van der Waals surface area contributed by atoms with E-state index in [1.165, 1.54) is 28.6 Å². The highest BCUT2D eigenvalue weighted by Gasteiger charge is 2.26. The third-order valence-electron chi connectivity index (χ3n) is 5.21. The van der Waals surface area contributed by atoms with E-state index in [0.29, 0.717) is 31.1 Å². The summed E-state index contributed by atoms with van der Waals surface area (Å²) in [6, 6.07) is 12.5. The lowest BCUT2D eigenvalue weighted by Crippen LogP contribution is -2.37. The van der Waals surface area contributed by atoms with Gasteiger partial charge in [0.15, 0.2) is 0 Å². The second-order valence-corrected chi connectivity index (χ2v) is 11.6. The minimum Gasteiger partial charge on any atom is -0.492 e. The van der Waals surface area contributed by atoms with Gasteiger partial charge in [0.1, 0.15) is 12.3 Å². The van der Waals surface area contributed by atoms with Crippen LogP contribution in [-0.2, 0) is 24.8 Å². The second kappa shape index (κ2) is 10.5. The molecule has 0 saturated carbocycles. The van der Waals surface area contributed by atoms with Crippen molar-refractivity contribution in [2.75, 3.05) is 42.1 Å². The fraction of sp³-hybridized carbons (Fsp3) is 0.409. The first-order chi connectivity index (χ1) is 15.6. The van der Waals surface area contributed by atoms with Crippen molar-refractivity contribution >= 4 is 37.3 Å². The van der Waals surface area contributed by atoms with Gasteiger partial charge in [-0.2, -0.15) is 4.31 Å². The van der Waals surface area contributed by atoms with E-state index < -0.39 is 32.5 Å². The molecule has 1 aliphatic heterocycles. The number of carbonyl (C=O) groups is 1. The Morgan fingerprint density at radius 3 is 2.24 bits per heavy atom. The van der Waals surface area contributed by atoms with E-state index in [1.807, 2.05) is 0 Å². The number of para-hydroxylation sites is 2. The third-order valence-corrected chi connectivity index (χ3v) is 8.25. The number of carbonyl (C=O) groups excluding carboxylic acids is 1. The molecule has 0 aliphatic carbocycles. The van der Waals surface area contributed by atoms with E-state index in [-0.39, 0.29) is 10.6 Å². The number of hydrogen-bond acceptors (Lipinski definition) is 6. The van der Waals surface area contributed by atoms with Gasteiger partial charge in [0.2, 0.25) is 26.0 Å². The van der Waals surface area contributed by atoms with E-state index in [0.717, 1.165) is 29.8 Å². The van der Waals surface area contributed by atoms with E-state index in [2.05, 4.69) is 5.32 Å². The molecule has 0 radical (unpaired) electrons. The van der Waals surface area contributed by atoms with Crippen LogP contribution in [0.3, 0.4) is 0 Å². The van der Waals surface area contributed by atoms with Crippen molar-refractivity contribution in [3.05, 3.63) is 48.5 Å². The number of hydrogen-bond donors (Lipinski definition) is 1. The average Bonchev–Trinajstić information content (AvgIpc) is 2.78. The number of benzene rings is 2. The van der Waals surface area contributed by atoms with Gasteiger partial charge in [-0.15, -0.1) is 0 Å². The predicted octanol–water partition coefficient (Wildman–Crippen LogP) is 2.66. The van der Waals surface area contributed by atoms with Crippen molar-refractivity contribution in [3.63, 3.8) is 0 Å². The van der Waals surface area contributed by atoms with Crippen LogP contribution in [-0.4, -0.2) is 59.5 Å². The Morgan fingerprint density at radius 2 is 1.64 bits per heavy atom. The van der Waals surface area contributed by atoms with Crippen LogP contribution in [0.1, 0.15) is 26.2 Å². The van der Waals surface area contributed by atoms with Gasteiger partial charge in [-0.25, -0.2) is 16.8 Å². The molecular weight excluding hydrogens is 466 g/mol. The maximum atomic E-state index is 12.8. The van der Waals surface area contributed by atoms with E-state index in [4.69, 9.17) is 4.74 Å². The van der Waals surface area contributed by atoms with E-state index >= 15 is 0 Å². The second-order valence-electron chi connectivity index (χ2n) is 7.71. The number of piperidine rings is 1. The molecule has 0 bridgehead atoms. The molecule has 11 heteroatoms. The molecule has 0 unspecified atom stereocenters. The number of nitrogens with one attached hydrogen (secondary N) is 1. The molecule has 1 N–H and O–H groups in total. The van der Waals surface area contributed by atoms with Gasteiger partial charge in [0.25, 0.3) is 0 Å².